The van der Waals surface area contributed by atoms with Gasteiger partial charge in [0, 0.05) is 38.3 Å². The third-order valence-corrected chi connectivity index (χ3v) is 4.10. The first-order valence-corrected chi connectivity index (χ1v) is 8.82. The second-order valence-electron chi connectivity index (χ2n) is 6.89. The Morgan fingerprint density at radius 1 is 1.12 bits per heavy atom. The lowest BCUT2D eigenvalue weighted by molar-refractivity contribution is 0.0644. The predicted octanol–water partition coefficient (Wildman–Crippen LogP) is 3.29. The molecule has 0 aliphatic heterocycles. The molecule has 2 rings (SSSR count). The van der Waals surface area contributed by atoms with E-state index in [4.69, 9.17) is 0 Å². The number of nitrogens with zero attached hydrogens (tertiary/aromatic N) is 5. The average molecular weight is 343 g/mol. The van der Waals surface area contributed by atoms with Crippen LogP contribution < -0.4 is 4.90 Å². The van der Waals surface area contributed by atoms with Gasteiger partial charge >= 0.3 is 0 Å². The van der Waals surface area contributed by atoms with Crippen LogP contribution in [0.15, 0.2) is 24.3 Å². The molecule has 6 nitrogen and oxygen atoms in total. The summed E-state index contributed by atoms with van der Waals surface area (Å²) in [5, 5.41) is 4.61. The van der Waals surface area contributed by atoms with Gasteiger partial charge < -0.3 is 9.80 Å². The van der Waals surface area contributed by atoms with Crippen molar-refractivity contribution in [2.45, 2.75) is 53.2 Å². The van der Waals surface area contributed by atoms with E-state index in [1.807, 2.05) is 87.5 Å². The van der Waals surface area contributed by atoms with E-state index in [0.29, 0.717) is 11.4 Å². The topological polar surface area (TPSA) is 54.3 Å². The van der Waals surface area contributed by atoms with Gasteiger partial charge in [-0.2, -0.15) is 4.98 Å². The molecular weight excluding hydrogens is 314 g/mol. The zero-order valence-electron chi connectivity index (χ0n) is 16.3. The van der Waals surface area contributed by atoms with Crippen molar-refractivity contribution in [2.75, 3.05) is 19.0 Å². The van der Waals surface area contributed by atoms with Crippen molar-refractivity contribution < 1.29 is 4.79 Å². The van der Waals surface area contributed by atoms with Crippen LogP contribution in [0, 0.1) is 0 Å². The van der Waals surface area contributed by atoms with Crippen LogP contribution in [-0.2, 0) is 6.54 Å². The van der Waals surface area contributed by atoms with Crippen molar-refractivity contribution in [3.05, 3.63) is 29.8 Å². The molecule has 1 amide bonds. The monoisotopic (exact) mass is 343 g/mol. The number of carbonyl (C=O) groups excluding carboxylic acids is 1. The van der Waals surface area contributed by atoms with Crippen LogP contribution in [-0.4, -0.2) is 51.8 Å². The third-order valence-electron chi connectivity index (χ3n) is 4.10. The smallest absolute Gasteiger partial charge is 0.255 e. The molecule has 25 heavy (non-hydrogen) atoms. The molecule has 0 aliphatic rings. The van der Waals surface area contributed by atoms with Crippen molar-refractivity contribution in [3.63, 3.8) is 0 Å². The molecule has 6 heteroatoms. The molecule has 0 fully saturated rings. The Balaban J connectivity index is 2.54. The zero-order chi connectivity index (χ0) is 18.7. The summed E-state index contributed by atoms with van der Waals surface area (Å²) in [6.45, 7) is 10.9. The van der Waals surface area contributed by atoms with Crippen molar-refractivity contribution in [2.24, 2.45) is 0 Å². The summed E-state index contributed by atoms with van der Waals surface area (Å²) in [4.78, 5) is 21.6. The number of anilines is 1. The van der Waals surface area contributed by atoms with E-state index < -0.39 is 0 Å². The normalized spacial score (nSPS) is 11.2. The lowest BCUT2D eigenvalue weighted by Crippen LogP contribution is -2.42. The Labute approximate surface area is 150 Å². The van der Waals surface area contributed by atoms with Gasteiger partial charge in [-0.3, -0.25) is 4.79 Å². The second-order valence-corrected chi connectivity index (χ2v) is 6.89. The Bertz CT molecular complexity index is 725. The van der Waals surface area contributed by atoms with Crippen LogP contribution in [0.2, 0.25) is 0 Å². The quantitative estimate of drug-likeness (QED) is 0.808. The van der Waals surface area contributed by atoms with E-state index in [1.165, 1.54) is 0 Å². The molecule has 0 saturated heterocycles. The number of hydrogen-bond acceptors (Lipinski definition) is 4. The standard InChI is InChI=1S/C19H29N5O/c1-8-23-19(22(6)7)20-17(21-23)15-11-9-10-12-16(15)18(25)24(13(2)3)14(4)5/h9-14H,8H2,1-7H3. The predicted molar refractivity (Wildman–Crippen MR) is 102 cm³/mol. The van der Waals surface area contributed by atoms with Gasteiger partial charge in [-0.05, 0) is 40.7 Å². The number of amides is 1. The molecule has 0 aliphatic carbocycles. The largest absolute Gasteiger partial charge is 0.347 e. The summed E-state index contributed by atoms with van der Waals surface area (Å²) in [5.74, 6) is 1.38. The molecule has 0 spiro atoms. The van der Waals surface area contributed by atoms with Crippen molar-refractivity contribution in [3.8, 4) is 11.4 Å². The Morgan fingerprint density at radius 3 is 2.20 bits per heavy atom. The minimum Gasteiger partial charge on any atom is -0.347 e. The van der Waals surface area contributed by atoms with Crippen molar-refractivity contribution in [1.29, 1.82) is 0 Å². The summed E-state index contributed by atoms with van der Waals surface area (Å²) in [6, 6.07) is 7.83. The highest BCUT2D eigenvalue weighted by Gasteiger charge is 2.25. The molecule has 1 aromatic carbocycles. The molecule has 0 N–H and O–H groups in total. The maximum atomic E-state index is 13.2. The fourth-order valence-electron chi connectivity index (χ4n) is 3.06. The van der Waals surface area contributed by atoms with E-state index >= 15 is 0 Å². The van der Waals surface area contributed by atoms with Gasteiger partial charge in [0.15, 0.2) is 5.82 Å². The Hall–Kier alpha value is -2.37. The number of carbonyl (C=O) groups is 1. The fraction of sp³-hybridized carbons (Fsp3) is 0.526. The highest BCUT2D eigenvalue weighted by molar-refractivity contribution is 6.00. The third kappa shape index (κ3) is 3.83. The van der Waals surface area contributed by atoms with Crippen LogP contribution in [0.5, 0.6) is 0 Å². The number of aromatic nitrogens is 3. The summed E-state index contributed by atoms with van der Waals surface area (Å²) in [6.07, 6.45) is 0. The van der Waals surface area contributed by atoms with E-state index in [0.717, 1.165) is 18.1 Å². The van der Waals surface area contributed by atoms with Crippen LogP contribution in [0.25, 0.3) is 11.4 Å². The molecule has 1 heterocycles. The Morgan fingerprint density at radius 2 is 1.72 bits per heavy atom. The van der Waals surface area contributed by atoms with Gasteiger partial charge in [-0.15, -0.1) is 5.10 Å². The van der Waals surface area contributed by atoms with Gasteiger partial charge in [0.05, 0.1) is 5.56 Å². The van der Waals surface area contributed by atoms with Gasteiger partial charge in [-0.25, -0.2) is 4.68 Å². The number of rotatable bonds is 6. The highest BCUT2D eigenvalue weighted by atomic mass is 16.2. The first kappa shape index (κ1) is 19.0. The molecule has 0 bridgehead atoms. The van der Waals surface area contributed by atoms with Gasteiger partial charge in [0.1, 0.15) is 0 Å². The molecule has 1 aromatic heterocycles. The van der Waals surface area contributed by atoms with Gasteiger partial charge in [0.25, 0.3) is 5.91 Å². The summed E-state index contributed by atoms with van der Waals surface area (Å²) in [5.41, 5.74) is 1.41. The maximum Gasteiger partial charge on any atom is 0.255 e. The minimum absolute atomic E-state index is 0.0138. The van der Waals surface area contributed by atoms with Crippen molar-refractivity contribution >= 4 is 11.9 Å². The van der Waals surface area contributed by atoms with Crippen LogP contribution >= 0.6 is 0 Å². The minimum atomic E-state index is 0.0138. The van der Waals surface area contributed by atoms with Crippen LogP contribution in [0.1, 0.15) is 45.0 Å². The van der Waals surface area contributed by atoms with Crippen molar-refractivity contribution in [1.82, 2.24) is 19.7 Å². The lowest BCUT2D eigenvalue weighted by Gasteiger charge is -2.31. The van der Waals surface area contributed by atoms with E-state index in [9.17, 15) is 4.79 Å². The lowest BCUT2D eigenvalue weighted by atomic mass is 10.0. The number of benzene rings is 1. The van der Waals surface area contributed by atoms with E-state index in [-0.39, 0.29) is 18.0 Å². The molecule has 0 radical (unpaired) electrons. The fourth-order valence-corrected chi connectivity index (χ4v) is 3.06. The first-order chi connectivity index (χ1) is 11.8. The summed E-state index contributed by atoms with van der Waals surface area (Å²) >= 11 is 0. The van der Waals surface area contributed by atoms with E-state index in [2.05, 4.69) is 10.1 Å². The molecule has 0 saturated carbocycles. The zero-order valence-corrected chi connectivity index (χ0v) is 16.3. The molecule has 2 aromatic rings. The highest BCUT2D eigenvalue weighted by Crippen LogP contribution is 2.25. The molecular formula is C19H29N5O. The number of aryl methyl sites for hydroxylation is 1. The summed E-state index contributed by atoms with van der Waals surface area (Å²) < 4.78 is 1.85. The van der Waals surface area contributed by atoms with Crippen LogP contribution in [0.3, 0.4) is 0 Å². The van der Waals surface area contributed by atoms with Gasteiger partial charge in [-0.1, -0.05) is 18.2 Å². The number of hydrogen-bond donors (Lipinski definition) is 0. The summed E-state index contributed by atoms with van der Waals surface area (Å²) in [7, 11) is 3.88. The van der Waals surface area contributed by atoms with E-state index in [1.54, 1.807) is 0 Å². The molecule has 136 valence electrons. The van der Waals surface area contributed by atoms with Gasteiger partial charge in [0.2, 0.25) is 5.95 Å². The Kier molecular flexibility index (Phi) is 5.82. The molecule has 0 unspecified atom stereocenters. The van der Waals surface area contributed by atoms with Crippen LogP contribution in [0.4, 0.5) is 5.95 Å². The average Bonchev–Trinajstić information content (AvgIpc) is 2.98. The SMILES string of the molecule is CCn1nc(-c2ccccc2C(=O)N(C(C)C)C(C)C)nc1N(C)C. The second kappa shape index (κ2) is 7.68. The maximum absolute atomic E-state index is 13.2. The molecule has 0 atom stereocenters. The first-order valence-electron chi connectivity index (χ1n) is 8.82.